The second kappa shape index (κ2) is 5.47. The van der Waals surface area contributed by atoms with Crippen LogP contribution in [0.1, 0.15) is 21.5 Å². The molecular weight excluding hydrogens is 281 g/mol. The smallest absolute Gasteiger partial charge is 0.253 e. The first-order valence-electron chi connectivity index (χ1n) is 6.13. The summed E-state index contributed by atoms with van der Waals surface area (Å²) in [5.74, 6) is -3.58. The second-order valence-corrected chi connectivity index (χ2v) is 4.69. The molecule has 0 aliphatic heterocycles. The van der Waals surface area contributed by atoms with Crippen molar-refractivity contribution in [2.45, 2.75) is 13.8 Å². The molecule has 3 nitrogen and oxygen atoms in total. The number of nitrogens with two attached hydrogens (primary N) is 1. The van der Waals surface area contributed by atoms with Crippen molar-refractivity contribution in [2.75, 3.05) is 5.32 Å². The summed E-state index contributed by atoms with van der Waals surface area (Å²) in [5.41, 5.74) is 4.75. The van der Waals surface area contributed by atoms with Crippen molar-refractivity contribution in [1.82, 2.24) is 0 Å². The average molecular weight is 294 g/mol. The number of benzene rings is 2. The fraction of sp³-hybridized carbons (Fsp3) is 0.133. The molecule has 0 radical (unpaired) electrons. The lowest BCUT2D eigenvalue weighted by Crippen LogP contribution is -2.17. The van der Waals surface area contributed by atoms with Crippen LogP contribution in [0.3, 0.4) is 0 Å². The predicted octanol–water partition coefficient (Wildman–Crippen LogP) is 3.56. The Bertz CT molecular complexity index is 729. The van der Waals surface area contributed by atoms with E-state index in [1.165, 1.54) is 19.1 Å². The highest BCUT2D eigenvalue weighted by molar-refractivity contribution is 5.99. The summed E-state index contributed by atoms with van der Waals surface area (Å²) in [7, 11) is 0. The van der Waals surface area contributed by atoms with E-state index in [2.05, 4.69) is 5.32 Å². The van der Waals surface area contributed by atoms with Gasteiger partial charge in [-0.25, -0.2) is 13.2 Å². The molecule has 0 atom stereocenters. The van der Waals surface area contributed by atoms with Crippen LogP contribution < -0.4 is 11.1 Å². The van der Waals surface area contributed by atoms with E-state index in [1.54, 1.807) is 13.0 Å². The van der Waals surface area contributed by atoms with Crippen molar-refractivity contribution in [1.29, 1.82) is 0 Å². The SMILES string of the molecule is Cc1ccc(Nc2cc(F)c(C)c(F)c2C(N)=O)c(F)c1. The maximum atomic E-state index is 14.0. The molecular formula is C15H13F3N2O. The van der Waals surface area contributed by atoms with Gasteiger partial charge in [-0.3, -0.25) is 4.79 Å². The van der Waals surface area contributed by atoms with Crippen LogP contribution in [0.15, 0.2) is 24.3 Å². The Labute approximate surface area is 119 Å². The third kappa shape index (κ3) is 2.84. The molecule has 0 bridgehead atoms. The Hall–Kier alpha value is -2.50. The molecule has 0 spiro atoms. The number of rotatable bonds is 3. The van der Waals surface area contributed by atoms with Crippen molar-refractivity contribution in [2.24, 2.45) is 5.73 Å². The topological polar surface area (TPSA) is 55.1 Å². The zero-order chi connectivity index (χ0) is 15.7. The first-order valence-corrected chi connectivity index (χ1v) is 6.13. The van der Waals surface area contributed by atoms with Gasteiger partial charge in [0.05, 0.1) is 16.9 Å². The molecule has 2 rings (SSSR count). The highest BCUT2D eigenvalue weighted by atomic mass is 19.1. The average Bonchev–Trinajstić information content (AvgIpc) is 2.39. The molecule has 1 amide bonds. The van der Waals surface area contributed by atoms with Crippen LogP contribution in [0.5, 0.6) is 0 Å². The number of aryl methyl sites for hydroxylation is 1. The van der Waals surface area contributed by atoms with E-state index in [-0.39, 0.29) is 16.9 Å². The number of nitrogens with one attached hydrogen (secondary N) is 1. The Morgan fingerprint density at radius 2 is 1.71 bits per heavy atom. The van der Waals surface area contributed by atoms with Crippen molar-refractivity contribution in [3.05, 3.63) is 58.4 Å². The molecule has 0 aromatic heterocycles. The normalized spacial score (nSPS) is 10.5. The van der Waals surface area contributed by atoms with Gasteiger partial charge in [0.1, 0.15) is 17.5 Å². The van der Waals surface area contributed by atoms with Gasteiger partial charge >= 0.3 is 0 Å². The number of primary amides is 1. The molecule has 2 aromatic rings. The van der Waals surface area contributed by atoms with Crippen molar-refractivity contribution < 1.29 is 18.0 Å². The summed E-state index contributed by atoms with van der Waals surface area (Å²) in [4.78, 5) is 11.4. The maximum absolute atomic E-state index is 14.0. The summed E-state index contributed by atoms with van der Waals surface area (Å²) >= 11 is 0. The first-order chi connectivity index (χ1) is 9.81. The Kier molecular flexibility index (Phi) is 3.88. The number of carbonyl (C=O) groups is 1. The van der Waals surface area contributed by atoms with Gasteiger partial charge in [-0.05, 0) is 37.6 Å². The van der Waals surface area contributed by atoms with E-state index in [0.717, 1.165) is 6.07 Å². The van der Waals surface area contributed by atoms with Crippen LogP contribution in [0.4, 0.5) is 24.5 Å². The van der Waals surface area contributed by atoms with Gasteiger partial charge in [0, 0.05) is 5.56 Å². The summed E-state index contributed by atoms with van der Waals surface area (Å²) < 4.78 is 41.4. The molecule has 0 heterocycles. The van der Waals surface area contributed by atoms with Gasteiger partial charge in [0.25, 0.3) is 5.91 Å². The highest BCUT2D eigenvalue weighted by Crippen LogP contribution is 2.28. The Morgan fingerprint density at radius 3 is 2.29 bits per heavy atom. The van der Waals surface area contributed by atoms with Gasteiger partial charge in [0.15, 0.2) is 0 Å². The van der Waals surface area contributed by atoms with Gasteiger partial charge in [-0.1, -0.05) is 6.07 Å². The van der Waals surface area contributed by atoms with Gasteiger partial charge in [0.2, 0.25) is 0 Å². The maximum Gasteiger partial charge on any atom is 0.253 e. The van der Waals surface area contributed by atoms with E-state index in [4.69, 9.17) is 5.73 Å². The van der Waals surface area contributed by atoms with Gasteiger partial charge < -0.3 is 11.1 Å². The van der Waals surface area contributed by atoms with Crippen molar-refractivity contribution in [3.63, 3.8) is 0 Å². The zero-order valence-electron chi connectivity index (χ0n) is 11.4. The third-order valence-corrected chi connectivity index (χ3v) is 3.09. The lowest BCUT2D eigenvalue weighted by molar-refractivity contribution is 0.0997. The molecule has 0 aliphatic rings. The van der Waals surface area contributed by atoms with E-state index >= 15 is 0 Å². The molecule has 6 heteroatoms. The number of halogens is 3. The third-order valence-electron chi connectivity index (χ3n) is 3.09. The molecule has 3 N–H and O–H groups in total. The fourth-order valence-corrected chi connectivity index (χ4v) is 1.92. The Morgan fingerprint density at radius 1 is 1.05 bits per heavy atom. The molecule has 0 saturated carbocycles. The van der Waals surface area contributed by atoms with E-state index in [9.17, 15) is 18.0 Å². The van der Waals surface area contributed by atoms with Crippen LogP contribution in [0.2, 0.25) is 0 Å². The monoisotopic (exact) mass is 294 g/mol. The minimum atomic E-state index is -1.06. The number of hydrogen-bond acceptors (Lipinski definition) is 2. The molecule has 21 heavy (non-hydrogen) atoms. The second-order valence-electron chi connectivity index (χ2n) is 4.69. The van der Waals surface area contributed by atoms with Crippen molar-refractivity contribution in [3.8, 4) is 0 Å². The standard InChI is InChI=1S/C15H13F3N2O/c1-7-3-4-11(10(17)5-7)20-12-6-9(16)8(2)14(18)13(12)15(19)21/h3-6,20H,1-2H3,(H2,19,21). The quantitative estimate of drug-likeness (QED) is 0.909. The lowest BCUT2D eigenvalue weighted by atomic mass is 10.1. The molecule has 0 unspecified atom stereocenters. The number of amides is 1. The summed E-state index contributed by atoms with van der Waals surface area (Å²) in [5, 5.41) is 2.50. The summed E-state index contributed by atoms with van der Waals surface area (Å²) in [6.07, 6.45) is 0. The van der Waals surface area contributed by atoms with Crippen LogP contribution in [-0.2, 0) is 0 Å². The van der Waals surface area contributed by atoms with Crippen LogP contribution in [0, 0.1) is 31.3 Å². The molecule has 110 valence electrons. The summed E-state index contributed by atoms with van der Waals surface area (Å²) in [6.45, 7) is 2.89. The highest BCUT2D eigenvalue weighted by Gasteiger charge is 2.20. The zero-order valence-corrected chi connectivity index (χ0v) is 11.4. The number of anilines is 2. The number of hydrogen-bond donors (Lipinski definition) is 2. The van der Waals surface area contributed by atoms with E-state index in [1.807, 2.05) is 0 Å². The van der Waals surface area contributed by atoms with Crippen molar-refractivity contribution >= 4 is 17.3 Å². The van der Waals surface area contributed by atoms with Crippen LogP contribution in [-0.4, -0.2) is 5.91 Å². The summed E-state index contributed by atoms with van der Waals surface area (Å²) in [6, 6.07) is 5.20. The Balaban J connectivity index is 2.56. The molecule has 2 aromatic carbocycles. The van der Waals surface area contributed by atoms with Gasteiger partial charge in [-0.2, -0.15) is 0 Å². The predicted molar refractivity (Wildman–Crippen MR) is 74.0 cm³/mol. The van der Waals surface area contributed by atoms with E-state index < -0.39 is 28.9 Å². The minimum Gasteiger partial charge on any atom is -0.365 e. The molecule has 0 aliphatic carbocycles. The van der Waals surface area contributed by atoms with E-state index in [0.29, 0.717) is 5.56 Å². The first kappa shape index (κ1) is 14.9. The van der Waals surface area contributed by atoms with Crippen LogP contribution in [0.25, 0.3) is 0 Å². The van der Waals surface area contributed by atoms with Crippen LogP contribution >= 0.6 is 0 Å². The minimum absolute atomic E-state index is 0.00856. The lowest BCUT2D eigenvalue weighted by Gasteiger charge is -2.14. The number of carbonyl (C=O) groups excluding carboxylic acids is 1. The molecule has 0 saturated heterocycles. The largest absolute Gasteiger partial charge is 0.365 e. The molecule has 0 fully saturated rings. The fourth-order valence-electron chi connectivity index (χ4n) is 1.92. The van der Waals surface area contributed by atoms with Gasteiger partial charge in [-0.15, -0.1) is 0 Å².